The minimum Gasteiger partial charge on any atom is -0.369 e. The molecule has 1 aliphatic rings. The predicted octanol–water partition coefficient (Wildman–Crippen LogP) is 3.32. The summed E-state index contributed by atoms with van der Waals surface area (Å²) >= 11 is 11.6. The molecular formula is C12H15Cl2FN2. The topological polar surface area (TPSA) is 15.3 Å². The summed E-state index contributed by atoms with van der Waals surface area (Å²) in [5.74, 6) is -0.542. The fourth-order valence-corrected chi connectivity index (χ4v) is 2.53. The van der Waals surface area contributed by atoms with Gasteiger partial charge in [0.05, 0.1) is 10.0 Å². The van der Waals surface area contributed by atoms with E-state index in [0.29, 0.717) is 6.04 Å². The molecule has 1 aliphatic heterocycles. The minimum absolute atomic E-state index is 0.0825. The van der Waals surface area contributed by atoms with Gasteiger partial charge in [-0.15, -0.1) is 0 Å². The van der Waals surface area contributed by atoms with Crippen molar-refractivity contribution in [3.05, 3.63) is 28.0 Å². The van der Waals surface area contributed by atoms with E-state index >= 15 is 0 Å². The third-order valence-corrected chi connectivity index (χ3v) is 3.63. The minimum atomic E-state index is -0.542. The Kier molecular flexibility index (Phi) is 4.13. The van der Waals surface area contributed by atoms with Gasteiger partial charge in [0.2, 0.25) is 0 Å². The first-order valence-corrected chi connectivity index (χ1v) is 6.50. The molecule has 1 aromatic rings. The van der Waals surface area contributed by atoms with Gasteiger partial charge in [-0.1, -0.05) is 30.1 Å². The number of piperazine rings is 1. The van der Waals surface area contributed by atoms with Gasteiger partial charge in [-0.05, 0) is 18.6 Å². The monoisotopic (exact) mass is 276 g/mol. The van der Waals surface area contributed by atoms with E-state index in [2.05, 4.69) is 17.1 Å². The smallest absolute Gasteiger partial charge is 0.160 e. The molecule has 0 radical (unpaired) electrons. The third-order valence-electron chi connectivity index (χ3n) is 3.08. The van der Waals surface area contributed by atoms with Gasteiger partial charge in [0.15, 0.2) is 5.82 Å². The fraction of sp³-hybridized carbons (Fsp3) is 0.500. The average molecular weight is 277 g/mol. The molecule has 0 bridgehead atoms. The van der Waals surface area contributed by atoms with Gasteiger partial charge in [-0.3, -0.25) is 0 Å². The Morgan fingerprint density at radius 3 is 2.65 bits per heavy atom. The van der Waals surface area contributed by atoms with Gasteiger partial charge in [0.1, 0.15) is 0 Å². The summed E-state index contributed by atoms with van der Waals surface area (Å²) in [5.41, 5.74) is 0.890. The van der Waals surface area contributed by atoms with Crippen molar-refractivity contribution in [1.82, 2.24) is 5.32 Å². The van der Waals surface area contributed by atoms with Crippen molar-refractivity contribution in [3.63, 3.8) is 0 Å². The highest BCUT2D eigenvalue weighted by Crippen LogP contribution is 2.29. The summed E-state index contributed by atoms with van der Waals surface area (Å²) in [4.78, 5) is 2.18. The van der Waals surface area contributed by atoms with Gasteiger partial charge >= 0.3 is 0 Å². The highest BCUT2D eigenvalue weighted by Gasteiger charge is 2.19. The van der Waals surface area contributed by atoms with Crippen LogP contribution in [0.5, 0.6) is 0 Å². The quantitative estimate of drug-likeness (QED) is 0.834. The number of halogens is 3. The van der Waals surface area contributed by atoms with Crippen molar-refractivity contribution in [3.8, 4) is 0 Å². The van der Waals surface area contributed by atoms with Crippen LogP contribution in [0.15, 0.2) is 12.1 Å². The van der Waals surface area contributed by atoms with E-state index < -0.39 is 5.82 Å². The number of nitrogens with zero attached hydrogens (tertiary/aromatic N) is 1. The van der Waals surface area contributed by atoms with Crippen LogP contribution in [0.1, 0.15) is 13.3 Å². The number of rotatable bonds is 2. The molecule has 1 N–H and O–H groups in total. The molecule has 2 rings (SSSR count). The highest BCUT2D eigenvalue weighted by molar-refractivity contribution is 6.35. The second-order valence-corrected chi connectivity index (χ2v) is 5.04. The molecule has 5 heteroatoms. The fourth-order valence-electron chi connectivity index (χ4n) is 2.06. The number of anilines is 1. The zero-order valence-electron chi connectivity index (χ0n) is 9.64. The Balaban J connectivity index is 2.22. The lowest BCUT2D eigenvalue weighted by Gasteiger charge is -2.35. The van der Waals surface area contributed by atoms with E-state index in [1.54, 1.807) is 12.1 Å². The molecular weight excluding hydrogens is 262 g/mol. The second kappa shape index (κ2) is 5.42. The Hall–Kier alpha value is -0.510. The molecule has 1 unspecified atom stereocenters. The Labute approximate surface area is 111 Å². The lowest BCUT2D eigenvalue weighted by molar-refractivity contribution is 0.447. The van der Waals surface area contributed by atoms with E-state index in [-0.39, 0.29) is 10.0 Å². The molecule has 0 amide bonds. The summed E-state index contributed by atoms with van der Waals surface area (Å²) < 4.78 is 13.3. The molecule has 1 atom stereocenters. The number of benzene rings is 1. The van der Waals surface area contributed by atoms with E-state index in [1.807, 2.05) is 0 Å². The molecule has 0 spiro atoms. The van der Waals surface area contributed by atoms with Crippen molar-refractivity contribution in [2.45, 2.75) is 19.4 Å². The standard InChI is InChI=1S/C12H15Cl2FN2/c1-2-8-7-17(4-3-16-8)9-5-10(13)12(15)11(14)6-9/h5-6,8,16H,2-4,7H2,1H3. The van der Waals surface area contributed by atoms with Crippen LogP contribution in [-0.4, -0.2) is 25.7 Å². The van der Waals surface area contributed by atoms with Crippen molar-refractivity contribution >= 4 is 28.9 Å². The van der Waals surface area contributed by atoms with Crippen LogP contribution in [0.4, 0.5) is 10.1 Å². The van der Waals surface area contributed by atoms with Crippen LogP contribution in [0.2, 0.25) is 10.0 Å². The lowest BCUT2D eigenvalue weighted by atomic mass is 10.1. The molecule has 1 heterocycles. The molecule has 0 aromatic heterocycles. The predicted molar refractivity (Wildman–Crippen MR) is 70.7 cm³/mol. The van der Waals surface area contributed by atoms with Crippen molar-refractivity contribution in [2.24, 2.45) is 0 Å². The van der Waals surface area contributed by atoms with Gasteiger partial charge in [0.25, 0.3) is 0 Å². The Bertz CT molecular complexity index is 388. The zero-order valence-corrected chi connectivity index (χ0v) is 11.2. The first-order chi connectivity index (χ1) is 8.11. The number of nitrogens with one attached hydrogen (secondary N) is 1. The average Bonchev–Trinajstić information content (AvgIpc) is 2.35. The molecule has 0 saturated carbocycles. The van der Waals surface area contributed by atoms with Gasteiger partial charge in [-0.2, -0.15) is 0 Å². The van der Waals surface area contributed by atoms with Crippen LogP contribution in [0, 0.1) is 5.82 Å². The van der Waals surface area contributed by atoms with E-state index in [0.717, 1.165) is 31.7 Å². The Morgan fingerprint density at radius 1 is 1.41 bits per heavy atom. The summed E-state index contributed by atoms with van der Waals surface area (Å²) in [6.07, 6.45) is 1.07. The molecule has 1 saturated heterocycles. The maximum absolute atomic E-state index is 13.3. The van der Waals surface area contributed by atoms with E-state index in [1.165, 1.54) is 0 Å². The van der Waals surface area contributed by atoms with E-state index in [9.17, 15) is 4.39 Å². The molecule has 94 valence electrons. The van der Waals surface area contributed by atoms with Gasteiger partial charge in [0, 0.05) is 31.4 Å². The molecule has 1 aromatic carbocycles. The van der Waals surface area contributed by atoms with E-state index in [4.69, 9.17) is 23.2 Å². The largest absolute Gasteiger partial charge is 0.369 e. The lowest BCUT2D eigenvalue weighted by Crippen LogP contribution is -2.50. The first kappa shape index (κ1) is 12.9. The normalized spacial score (nSPS) is 20.7. The summed E-state index contributed by atoms with van der Waals surface area (Å²) in [6, 6.07) is 3.74. The summed E-state index contributed by atoms with van der Waals surface area (Å²) in [7, 11) is 0. The number of hydrogen-bond acceptors (Lipinski definition) is 2. The molecule has 0 aliphatic carbocycles. The van der Waals surface area contributed by atoms with Crippen LogP contribution in [-0.2, 0) is 0 Å². The van der Waals surface area contributed by atoms with Crippen LogP contribution in [0.3, 0.4) is 0 Å². The van der Waals surface area contributed by atoms with Crippen molar-refractivity contribution in [2.75, 3.05) is 24.5 Å². The van der Waals surface area contributed by atoms with Crippen molar-refractivity contribution in [1.29, 1.82) is 0 Å². The van der Waals surface area contributed by atoms with Crippen LogP contribution < -0.4 is 10.2 Å². The first-order valence-electron chi connectivity index (χ1n) is 5.74. The van der Waals surface area contributed by atoms with Crippen LogP contribution in [0.25, 0.3) is 0 Å². The molecule has 2 nitrogen and oxygen atoms in total. The van der Waals surface area contributed by atoms with Gasteiger partial charge in [-0.25, -0.2) is 4.39 Å². The summed E-state index contributed by atoms with van der Waals surface area (Å²) in [6.45, 7) is 4.85. The second-order valence-electron chi connectivity index (χ2n) is 4.23. The highest BCUT2D eigenvalue weighted by atomic mass is 35.5. The zero-order chi connectivity index (χ0) is 12.4. The van der Waals surface area contributed by atoms with Crippen molar-refractivity contribution < 1.29 is 4.39 Å². The number of hydrogen-bond donors (Lipinski definition) is 1. The Morgan fingerprint density at radius 2 is 2.06 bits per heavy atom. The summed E-state index contributed by atoms with van der Waals surface area (Å²) in [5, 5.41) is 3.59. The van der Waals surface area contributed by atoms with Crippen LogP contribution >= 0.6 is 23.2 Å². The van der Waals surface area contributed by atoms with Gasteiger partial charge < -0.3 is 10.2 Å². The molecule has 1 fully saturated rings. The third kappa shape index (κ3) is 2.84. The maximum Gasteiger partial charge on any atom is 0.160 e. The maximum atomic E-state index is 13.3. The molecule has 17 heavy (non-hydrogen) atoms. The SMILES string of the molecule is CCC1CN(c2cc(Cl)c(F)c(Cl)c2)CCN1.